The molecule has 124 valence electrons. The molecule has 0 aliphatic heterocycles. The summed E-state index contributed by atoms with van der Waals surface area (Å²) in [5, 5.41) is 2.69. The fraction of sp³-hybridized carbons (Fsp3) is 0.217. The molecule has 0 nitrogen and oxygen atoms in total. The topological polar surface area (TPSA) is 0 Å². The van der Waals surface area contributed by atoms with E-state index in [1.807, 2.05) is 32.1 Å². The molecule has 2 aromatic carbocycles. The SMILES string of the molecule is C=C(C)/C=C(\C=C(C)C)c1ccc2c(c1)sc1ccccc12.CC. The van der Waals surface area contributed by atoms with Crippen molar-refractivity contribution in [2.75, 3.05) is 0 Å². The Morgan fingerprint density at radius 3 is 2.21 bits per heavy atom. The molecule has 24 heavy (non-hydrogen) atoms. The number of thiophene rings is 1. The molecule has 0 atom stereocenters. The van der Waals surface area contributed by atoms with E-state index in [0.29, 0.717) is 0 Å². The first-order valence-corrected chi connectivity index (χ1v) is 9.30. The van der Waals surface area contributed by atoms with E-state index in [4.69, 9.17) is 0 Å². The largest absolute Gasteiger partial charge is 0.135 e. The predicted molar refractivity (Wildman–Crippen MR) is 113 cm³/mol. The molecule has 0 aliphatic carbocycles. The molecule has 0 spiro atoms. The van der Waals surface area contributed by atoms with Crippen LogP contribution in [0.2, 0.25) is 0 Å². The van der Waals surface area contributed by atoms with E-state index in [-0.39, 0.29) is 0 Å². The summed E-state index contributed by atoms with van der Waals surface area (Å²) in [6.07, 6.45) is 4.38. The molecule has 0 bridgehead atoms. The second-order valence-electron chi connectivity index (χ2n) is 5.98. The zero-order valence-corrected chi connectivity index (χ0v) is 16.1. The molecule has 0 saturated carbocycles. The fourth-order valence-electron chi connectivity index (χ4n) is 2.69. The van der Waals surface area contributed by atoms with Crippen molar-refractivity contribution in [2.45, 2.75) is 34.6 Å². The summed E-state index contributed by atoms with van der Waals surface area (Å²) >= 11 is 1.86. The summed E-state index contributed by atoms with van der Waals surface area (Å²) in [6, 6.07) is 15.4. The van der Waals surface area contributed by atoms with Crippen molar-refractivity contribution < 1.29 is 0 Å². The highest BCUT2D eigenvalue weighted by atomic mass is 32.1. The van der Waals surface area contributed by atoms with Gasteiger partial charge in [-0.25, -0.2) is 0 Å². The normalized spacial score (nSPS) is 11.1. The van der Waals surface area contributed by atoms with Gasteiger partial charge in [0.05, 0.1) is 0 Å². The van der Waals surface area contributed by atoms with Crippen molar-refractivity contribution >= 4 is 37.1 Å². The first kappa shape index (κ1) is 18.2. The summed E-state index contributed by atoms with van der Waals surface area (Å²) in [7, 11) is 0. The van der Waals surface area contributed by atoms with Crippen LogP contribution in [0.25, 0.3) is 25.7 Å². The average molecular weight is 335 g/mol. The van der Waals surface area contributed by atoms with Crippen molar-refractivity contribution in [3.8, 4) is 0 Å². The Bertz CT molecular complexity index is 916. The van der Waals surface area contributed by atoms with E-state index in [2.05, 4.69) is 75.0 Å². The zero-order valence-electron chi connectivity index (χ0n) is 15.3. The van der Waals surface area contributed by atoms with Gasteiger partial charge in [-0.3, -0.25) is 0 Å². The van der Waals surface area contributed by atoms with Crippen molar-refractivity contribution in [1.29, 1.82) is 0 Å². The summed E-state index contributed by atoms with van der Waals surface area (Å²) in [5.74, 6) is 0. The highest BCUT2D eigenvalue weighted by molar-refractivity contribution is 7.25. The third kappa shape index (κ3) is 4.04. The molecule has 0 saturated heterocycles. The molecule has 0 radical (unpaired) electrons. The first-order valence-electron chi connectivity index (χ1n) is 8.48. The lowest BCUT2D eigenvalue weighted by Crippen LogP contribution is -1.83. The Morgan fingerprint density at radius 1 is 0.875 bits per heavy atom. The molecule has 1 aromatic heterocycles. The van der Waals surface area contributed by atoms with Gasteiger partial charge in [0, 0.05) is 20.2 Å². The Morgan fingerprint density at radius 2 is 1.54 bits per heavy atom. The van der Waals surface area contributed by atoms with Crippen LogP contribution in [-0.2, 0) is 0 Å². The number of hydrogen-bond donors (Lipinski definition) is 0. The van der Waals surface area contributed by atoms with Crippen LogP contribution in [0.5, 0.6) is 0 Å². The highest BCUT2D eigenvalue weighted by Gasteiger charge is 2.06. The molecular weight excluding hydrogens is 308 g/mol. The summed E-state index contributed by atoms with van der Waals surface area (Å²) in [4.78, 5) is 0. The van der Waals surface area contributed by atoms with Gasteiger partial charge in [-0.05, 0) is 44.0 Å². The van der Waals surface area contributed by atoms with Gasteiger partial charge in [0.15, 0.2) is 0 Å². The van der Waals surface area contributed by atoms with Crippen molar-refractivity contribution in [3.05, 3.63) is 77.9 Å². The number of allylic oxidation sites excluding steroid dienone is 5. The van der Waals surface area contributed by atoms with Gasteiger partial charge in [-0.1, -0.05) is 74.1 Å². The maximum atomic E-state index is 4.02. The minimum atomic E-state index is 1.07. The van der Waals surface area contributed by atoms with Crippen molar-refractivity contribution in [2.24, 2.45) is 0 Å². The van der Waals surface area contributed by atoms with Gasteiger partial charge < -0.3 is 0 Å². The van der Waals surface area contributed by atoms with Gasteiger partial charge in [0.25, 0.3) is 0 Å². The number of benzene rings is 2. The van der Waals surface area contributed by atoms with Crippen LogP contribution < -0.4 is 0 Å². The maximum Gasteiger partial charge on any atom is 0.0361 e. The van der Waals surface area contributed by atoms with Gasteiger partial charge in [-0.2, -0.15) is 0 Å². The molecular formula is C23H26S. The van der Waals surface area contributed by atoms with Gasteiger partial charge in [0.1, 0.15) is 0 Å². The van der Waals surface area contributed by atoms with Gasteiger partial charge in [-0.15, -0.1) is 11.3 Å². The van der Waals surface area contributed by atoms with Crippen LogP contribution in [-0.4, -0.2) is 0 Å². The van der Waals surface area contributed by atoms with Crippen molar-refractivity contribution in [1.82, 2.24) is 0 Å². The Balaban J connectivity index is 0.00000100. The lowest BCUT2D eigenvalue weighted by Gasteiger charge is -2.05. The molecule has 3 rings (SSSR count). The second kappa shape index (κ2) is 8.12. The molecule has 0 fully saturated rings. The Hall–Kier alpha value is -2.12. The molecule has 1 heteroatoms. The van der Waals surface area contributed by atoms with Gasteiger partial charge >= 0.3 is 0 Å². The summed E-state index contributed by atoms with van der Waals surface area (Å²) in [6.45, 7) is 14.3. The lowest BCUT2D eigenvalue weighted by atomic mass is 10.00. The minimum absolute atomic E-state index is 1.07. The van der Waals surface area contributed by atoms with E-state index in [1.165, 1.54) is 36.9 Å². The fourth-order valence-corrected chi connectivity index (χ4v) is 3.84. The Labute approximate surface area is 149 Å². The molecule has 0 amide bonds. The van der Waals surface area contributed by atoms with E-state index in [1.54, 1.807) is 0 Å². The molecule has 0 aliphatic rings. The minimum Gasteiger partial charge on any atom is -0.135 e. The van der Waals surface area contributed by atoms with Crippen LogP contribution in [0.15, 0.2) is 72.3 Å². The van der Waals surface area contributed by atoms with E-state index in [9.17, 15) is 0 Å². The first-order chi connectivity index (χ1) is 11.5. The quantitative estimate of drug-likeness (QED) is 0.425. The predicted octanol–water partition coefficient (Wildman–Crippen LogP) is 8.01. The summed E-state index contributed by atoms with van der Waals surface area (Å²) < 4.78 is 2.69. The Kier molecular flexibility index (Phi) is 6.16. The molecule has 0 N–H and O–H groups in total. The molecule has 0 unspecified atom stereocenters. The number of rotatable bonds is 3. The standard InChI is InChI=1S/C21H20S.C2H6/c1-14(2)11-17(12-15(3)4)16-9-10-19-18-7-5-6-8-20(18)22-21(19)13-16;1-2/h5-13H,1H2,2-4H3;1-2H3/b17-11+;. The van der Waals surface area contributed by atoms with E-state index >= 15 is 0 Å². The van der Waals surface area contributed by atoms with Crippen molar-refractivity contribution in [3.63, 3.8) is 0 Å². The van der Waals surface area contributed by atoms with Crippen LogP contribution in [0.4, 0.5) is 0 Å². The lowest BCUT2D eigenvalue weighted by molar-refractivity contribution is 1.39. The maximum absolute atomic E-state index is 4.02. The second-order valence-corrected chi connectivity index (χ2v) is 7.06. The average Bonchev–Trinajstić information content (AvgIpc) is 2.93. The molecule has 3 aromatic rings. The highest BCUT2D eigenvalue weighted by Crippen LogP contribution is 2.35. The third-order valence-electron chi connectivity index (χ3n) is 3.56. The number of hydrogen-bond acceptors (Lipinski definition) is 1. The van der Waals surface area contributed by atoms with E-state index < -0.39 is 0 Å². The van der Waals surface area contributed by atoms with Gasteiger partial charge in [0.2, 0.25) is 0 Å². The van der Waals surface area contributed by atoms with Crippen LogP contribution in [0.3, 0.4) is 0 Å². The van der Waals surface area contributed by atoms with Crippen LogP contribution in [0.1, 0.15) is 40.2 Å². The van der Waals surface area contributed by atoms with Crippen LogP contribution >= 0.6 is 11.3 Å². The number of fused-ring (bicyclic) bond motifs is 3. The van der Waals surface area contributed by atoms with E-state index in [0.717, 1.165) is 5.57 Å². The van der Waals surface area contributed by atoms with Crippen LogP contribution in [0, 0.1) is 0 Å². The third-order valence-corrected chi connectivity index (χ3v) is 4.69. The molecule has 1 heterocycles. The smallest absolute Gasteiger partial charge is 0.0361 e. The zero-order chi connectivity index (χ0) is 17.7. The summed E-state index contributed by atoms with van der Waals surface area (Å²) in [5.41, 5.74) is 4.85. The monoisotopic (exact) mass is 334 g/mol.